The summed E-state index contributed by atoms with van der Waals surface area (Å²) >= 11 is 0. The number of fused-ring (bicyclic) bond motifs is 1. The van der Waals surface area contributed by atoms with E-state index >= 15 is 0 Å². The van der Waals surface area contributed by atoms with Crippen LogP contribution in [0, 0.1) is 0 Å². The predicted molar refractivity (Wildman–Crippen MR) is 97.1 cm³/mol. The maximum absolute atomic E-state index is 12.7. The van der Waals surface area contributed by atoms with Gasteiger partial charge in [-0.15, -0.1) is 0 Å². The van der Waals surface area contributed by atoms with Gasteiger partial charge < -0.3 is 14.4 Å². The average molecular weight is 389 g/mol. The van der Waals surface area contributed by atoms with E-state index in [2.05, 4.69) is 20.4 Å². The number of hydrogen-bond donors (Lipinski definition) is 1. The Hall–Kier alpha value is -2.75. The van der Waals surface area contributed by atoms with Crippen LogP contribution in [0.2, 0.25) is 0 Å². The third-order valence-electron chi connectivity index (χ3n) is 4.67. The van der Waals surface area contributed by atoms with Crippen LogP contribution in [0.3, 0.4) is 0 Å². The molecule has 4 heterocycles. The second kappa shape index (κ2) is 6.45. The largest absolute Gasteiger partial charge is 0.348 e. The van der Waals surface area contributed by atoms with E-state index in [1.165, 1.54) is 0 Å². The number of aromatic nitrogens is 4. The lowest BCUT2D eigenvalue weighted by atomic mass is 10.1. The molecule has 1 saturated heterocycles. The van der Waals surface area contributed by atoms with Gasteiger partial charge in [0.2, 0.25) is 11.4 Å². The van der Waals surface area contributed by atoms with Gasteiger partial charge in [0.25, 0.3) is 5.91 Å². The molecule has 4 rings (SSSR count). The van der Waals surface area contributed by atoms with Gasteiger partial charge in [0.15, 0.2) is 9.84 Å². The number of nitrogens with one attached hydrogen (secondary N) is 1. The molecule has 1 N–H and O–H groups in total. The van der Waals surface area contributed by atoms with Gasteiger partial charge in [-0.2, -0.15) is 0 Å². The molecule has 0 aromatic carbocycles. The standard InChI is InChI=1S/C17H19N5O4S/c1-10(2)16-19-6-7-22(16)13-9-27(24,25)8-12(13)20-17(23)14-11-4-3-5-18-15(11)21-26-14/h3-7,10,12-13H,8-9H2,1-2H3,(H,20,23)/t12-,13+/m0/s1. The highest BCUT2D eigenvalue weighted by atomic mass is 32.2. The summed E-state index contributed by atoms with van der Waals surface area (Å²) in [5.74, 6) is 0.241. The predicted octanol–water partition coefficient (Wildman–Crippen LogP) is 1.31. The van der Waals surface area contributed by atoms with E-state index in [1.54, 1.807) is 30.7 Å². The Morgan fingerprint density at radius 1 is 1.30 bits per heavy atom. The lowest BCUT2D eigenvalue weighted by Gasteiger charge is -2.23. The van der Waals surface area contributed by atoms with E-state index in [0.29, 0.717) is 11.0 Å². The summed E-state index contributed by atoms with van der Waals surface area (Å²) in [5, 5.41) is 7.06. The number of rotatable bonds is 4. The Bertz CT molecular complexity index is 1100. The second-order valence-electron chi connectivity index (χ2n) is 6.96. The minimum absolute atomic E-state index is 0.0239. The quantitative estimate of drug-likeness (QED) is 0.714. The van der Waals surface area contributed by atoms with Crippen molar-refractivity contribution >= 4 is 26.8 Å². The van der Waals surface area contributed by atoms with Gasteiger partial charge in [-0.05, 0) is 12.1 Å². The highest BCUT2D eigenvalue weighted by Gasteiger charge is 2.41. The fourth-order valence-corrected chi connectivity index (χ4v) is 5.38. The molecule has 0 aliphatic carbocycles. The number of pyridine rings is 1. The number of amides is 1. The molecule has 0 spiro atoms. The molecule has 2 atom stereocenters. The molecule has 3 aromatic heterocycles. The third-order valence-corrected chi connectivity index (χ3v) is 6.39. The summed E-state index contributed by atoms with van der Waals surface area (Å²) in [7, 11) is -3.29. The highest BCUT2D eigenvalue weighted by Crippen LogP contribution is 2.28. The van der Waals surface area contributed by atoms with E-state index in [9.17, 15) is 13.2 Å². The molecule has 10 heteroatoms. The molecule has 142 valence electrons. The van der Waals surface area contributed by atoms with Gasteiger partial charge in [-0.25, -0.2) is 18.4 Å². The van der Waals surface area contributed by atoms with Gasteiger partial charge in [0.1, 0.15) is 5.82 Å². The number of carbonyl (C=O) groups is 1. The van der Waals surface area contributed by atoms with Gasteiger partial charge in [0.05, 0.1) is 29.0 Å². The Balaban J connectivity index is 1.65. The van der Waals surface area contributed by atoms with Gasteiger partial charge in [-0.3, -0.25) is 4.79 Å². The van der Waals surface area contributed by atoms with Gasteiger partial charge in [0, 0.05) is 24.5 Å². The molecule has 0 bridgehead atoms. The summed E-state index contributed by atoms with van der Waals surface area (Å²) in [6, 6.07) is 2.35. The van der Waals surface area contributed by atoms with Gasteiger partial charge >= 0.3 is 0 Å². The van der Waals surface area contributed by atoms with Crippen LogP contribution < -0.4 is 5.32 Å². The number of sulfone groups is 1. The van der Waals surface area contributed by atoms with Crippen molar-refractivity contribution in [3.8, 4) is 0 Å². The molecule has 0 saturated carbocycles. The first-order valence-electron chi connectivity index (χ1n) is 8.60. The van der Waals surface area contributed by atoms with E-state index < -0.39 is 27.8 Å². The first kappa shape index (κ1) is 17.7. The van der Waals surface area contributed by atoms with Crippen LogP contribution in [-0.2, 0) is 9.84 Å². The molecule has 27 heavy (non-hydrogen) atoms. The third kappa shape index (κ3) is 3.20. The zero-order chi connectivity index (χ0) is 19.2. The van der Waals surface area contributed by atoms with Crippen molar-refractivity contribution in [2.24, 2.45) is 0 Å². The van der Waals surface area contributed by atoms with Crippen LogP contribution in [0.5, 0.6) is 0 Å². The zero-order valence-corrected chi connectivity index (χ0v) is 15.7. The molecular formula is C17H19N5O4S. The fourth-order valence-electron chi connectivity index (χ4n) is 3.48. The van der Waals surface area contributed by atoms with Crippen molar-refractivity contribution in [3.63, 3.8) is 0 Å². The second-order valence-corrected chi connectivity index (χ2v) is 9.11. The Labute approximate surface area is 155 Å². The number of nitrogens with zero attached hydrogens (tertiary/aromatic N) is 4. The molecule has 1 aliphatic rings. The van der Waals surface area contributed by atoms with E-state index in [-0.39, 0.29) is 23.2 Å². The Morgan fingerprint density at radius 3 is 2.89 bits per heavy atom. The first-order valence-corrected chi connectivity index (χ1v) is 10.4. The maximum atomic E-state index is 12.7. The summed E-state index contributed by atoms with van der Waals surface area (Å²) in [5.41, 5.74) is 0.329. The van der Waals surface area contributed by atoms with Crippen molar-refractivity contribution in [2.75, 3.05) is 11.5 Å². The van der Waals surface area contributed by atoms with Crippen LogP contribution in [0.25, 0.3) is 11.0 Å². The van der Waals surface area contributed by atoms with E-state index in [1.807, 2.05) is 18.4 Å². The number of hydrogen-bond acceptors (Lipinski definition) is 7. The summed E-state index contributed by atoms with van der Waals surface area (Å²) in [4.78, 5) is 21.1. The molecule has 1 aliphatic heterocycles. The lowest BCUT2D eigenvalue weighted by molar-refractivity contribution is 0.0897. The van der Waals surface area contributed by atoms with E-state index in [4.69, 9.17) is 4.52 Å². The van der Waals surface area contributed by atoms with Crippen molar-refractivity contribution in [1.29, 1.82) is 0 Å². The van der Waals surface area contributed by atoms with Crippen LogP contribution >= 0.6 is 0 Å². The molecule has 1 amide bonds. The normalized spacial score (nSPS) is 21.7. The monoisotopic (exact) mass is 389 g/mol. The van der Waals surface area contributed by atoms with Gasteiger partial charge in [-0.1, -0.05) is 19.0 Å². The summed E-state index contributed by atoms with van der Waals surface area (Å²) < 4.78 is 31.5. The Morgan fingerprint density at radius 2 is 2.11 bits per heavy atom. The van der Waals surface area contributed by atoms with Crippen molar-refractivity contribution in [2.45, 2.75) is 31.8 Å². The van der Waals surface area contributed by atoms with Crippen LogP contribution in [0.15, 0.2) is 35.2 Å². The molecule has 1 fully saturated rings. The topological polar surface area (TPSA) is 120 Å². The molecular weight excluding hydrogens is 370 g/mol. The molecule has 0 unspecified atom stereocenters. The Kier molecular flexibility index (Phi) is 4.22. The summed E-state index contributed by atoms with van der Waals surface area (Å²) in [6.45, 7) is 3.98. The van der Waals surface area contributed by atoms with Crippen LogP contribution in [0.1, 0.15) is 42.2 Å². The van der Waals surface area contributed by atoms with Crippen LogP contribution in [-0.4, -0.2) is 51.6 Å². The molecule has 3 aromatic rings. The smallest absolute Gasteiger partial charge is 0.290 e. The number of imidazole rings is 1. The van der Waals surface area contributed by atoms with Crippen molar-refractivity contribution in [1.82, 2.24) is 25.0 Å². The SMILES string of the molecule is CC(C)c1nccn1[C@@H]1CS(=O)(=O)C[C@@H]1NC(=O)c1onc2ncccc12. The van der Waals surface area contributed by atoms with Crippen LogP contribution in [0.4, 0.5) is 0 Å². The zero-order valence-electron chi connectivity index (χ0n) is 14.9. The minimum Gasteiger partial charge on any atom is -0.348 e. The minimum atomic E-state index is -3.29. The number of carbonyl (C=O) groups excluding carboxylic acids is 1. The van der Waals surface area contributed by atoms with Crippen molar-refractivity contribution in [3.05, 3.63) is 42.3 Å². The molecule has 9 nitrogen and oxygen atoms in total. The molecule has 0 radical (unpaired) electrons. The lowest BCUT2D eigenvalue weighted by Crippen LogP contribution is -2.41. The maximum Gasteiger partial charge on any atom is 0.290 e. The summed E-state index contributed by atoms with van der Waals surface area (Å²) in [6.07, 6.45) is 4.96. The van der Waals surface area contributed by atoms with Crippen molar-refractivity contribution < 1.29 is 17.7 Å². The first-order chi connectivity index (χ1) is 12.9. The van der Waals surface area contributed by atoms with E-state index in [0.717, 1.165) is 5.82 Å². The highest BCUT2D eigenvalue weighted by molar-refractivity contribution is 7.91. The fraction of sp³-hybridized carbons (Fsp3) is 0.412. The average Bonchev–Trinajstić information content (AvgIpc) is 3.31.